The number of benzene rings is 2. The highest BCUT2D eigenvalue weighted by Crippen LogP contribution is 2.33. The molecule has 224 valence electrons. The van der Waals surface area contributed by atoms with Gasteiger partial charge in [-0.1, -0.05) is 56.6 Å². The van der Waals surface area contributed by atoms with Gasteiger partial charge in [0.2, 0.25) is 5.88 Å². The number of thiol groups is 1. The number of fused-ring (bicyclic) bond motifs is 1. The molecule has 3 heterocycles. The van der Waals surface area contributed by atoms with E-state index in [0.717, 1.165) is 16.7 Å². The van der Waals surface area contributed by atoms with E-state index in [1.54, 1.807) is 4.90 Å². The first-order chi connectivity index (χ1) is 19.8. The predicted molar refractivity (Wildman–Crippen MR) is 169 cm³/mol. The predicted octanol–water partition coefficient (Wildman–Crippen LogP) is 5.66. The Morgan fingerprint density at radius 1 is 1.12 bits per heavy atom. The molecule has 2 N–H and O–H groups in total. The monoisotopic (exact) mass is 611 g/mol. The van der Waals surface area contributed by atoms with Gasteiger partial charge in [-0.15, -0.1) is 0 Å². The number of nitrogen functional groups attached to an aromatic ring is 1. The van der Waals surface area contributed by atoms with Crippen LogP contribution in [-0.2, 0) is 16.1 Å². The quantitative estimate of drug-likeness (QED) is 0.346. The summed E-state index contributed by atoms with van der Waals surface area (Å²) in [5.74, 6) is -0.00167. The van der Waals surface area contributed by atoms with Gasteiger partial charge in [-0.3, -0.25) is 9.59 Å². The van der Waals surface area contributed by atoms with E-state index in [1.165, 1.54) is 6.33 Å². The third-order valence-electron chi connectivity index (χ3n) is 6.44. The largest absolute Gasteiger partial charge is 0.475 e. The maximum Gasteiger partial charge on any atom is 0.267 e. The lowest BCUT2D eigenvalue weighted by Crippen LogP contribution is -2.32. The van der Waals surface area contributed by atoms with Gasteiger partial charge in [-0.05, 0) is 43.2 Å². The van der Waals surface area contributed by atoms with E-state index in [-0.39, 0.29) is 52.6 Å². The number of carbonyl (C=O) groups excluding carboxylic acids is 2. The molecule has 1 aromatic heterocycles. The average Bonchev–Trinajstić information content (AvgIpc) is 3.13. The van der Waals surface area contributed by atoms with Crippen molar-refractivity contribution in [2.75, 3.05) is 30.3 Å². The smallest absolute Gasteiger partial charge is 0.267 e. The zero-order chi connectivity index (χ0) is 30.6. The molecule has 0 unspecified atom stereocenters. The molecule has 0 aliphatic carbocycles. The number of hydrogen-bond acceptors (Lipinski definition) is 8. The molecule has 0 bridgehead atoms. The van der Waals surface area contributed by atoms with Crippen molar-refractivity contribution in [3.8, 4) is 17.0 Å². The van der Waals surface area contributed by atoms with E-state index in [1.807, 2.05) is 61.2 Å². The van der Waals surface area contributed by atoms with Crippen LogP contribution in [0.3, 0.4) is 0 Å². The van der Waals surface area contributed by atoms with Crippen molar-refractivity contribution in [3.05, 3.63) is 64.9 Å². The first-order valence-electron chi connectivity index (χ1n) is 13.9. The molecular formula is C31H38ClN5O4S. The van der Waals surface area contributed by atoms with Gasteiger partial charge in [0.1, 0.15) is 30.4 Å². The molecule has 2 amide bonds. The molecule has 2 aliphatic rings. The van der Waals surface area contributed by atoms with Crippen molar-refractivity contribution in [1.29, 1.82) is 0 Å². The molecular weight excluding hydrogens is 574 g/mol. The molecule has 2 aliphatic heterocycles. The van der Waals surface area contributed by atoms with Crippen LogP contribution in [0, 0.1) is 0 Å². The number of hydrogen-bond donors (Lipinski definition) is 2. The maximum absolute atomic E-state index is 13.2. The van der Waals surface area contributed by atoms with Gasteiger partial charge in [0.05, 0.1) is 12.6 Å². The van der Waals surface area contributed by atoms with Gasteiger partial charge >= 0.3 is 0 Å². The second-order valence-electron chi connectivity index (χ2n) is 11.5. The van der Waals surface area contributed by atoms with Crippen LogP contribution in [0.15, 0.2) is 48.8 Å². The molecule has 0 saturated carbocycles. The molecule has 11 heteroatoms. The molecule has 3 aromatic rings. The minimum Gasteiger partial charge on any atom is -0.475 e. The first-order valence-corrected chi connectivity index (χ1v) is 14.7. The Morgan fingerprint density at radius 2 is 1.81 bits per heavy atom. The van der Waals surface area contributed by atoms with Crippen LogP contribution in [0.1, 0.15) is 57.0 Å². The highest BCUT2D eigenvalue weighted by atomic mass is 35.5. The maximum atomic E-state index is 13.2. The Labute approximate surface area is 257 Å². The minimum absolute atomic E-state index is 0.0165. The molecule has 0 radical (unpaired) electrons. The average molecular weight is 612 g/mol. The lowest BCUT2D eigenvalue weighted by molar-refractivity contribution is -0.140. The summed E-state index contributed by atoms with van der Waals surface area (Å²) >= 11 is 10.8. The van der Waals surface area contributed by atoms with Crippen LogP contribution in [0.25, 0.3) is 11.1 Å². The van der Waals surface area contributed by atoms with Crippen LogP contribution < -0.4 is 15.4 Å². The second-order valence-corrected chi connectivity index (χ2v) is 13.2. The normalized spacial score (nSPS) is 17.0. The van der Waals surface area contributed by atoms with Crippen molar-refractivity contribution < 1.29 is 19.1 Å². The van der Waals surface area contributed by atoms with Crippen molar-refractivity contribution in [2.45, 2.75) is 64.5 Å². The van der Waals surface area contributed by atoms with Gasteiger partial charge in [0.15, 0.2) is 0 Å². The van der Waals surface area contributed by atoms with E-state index in [4.69, 9.17) is 26.8 Å². The van der Waals surface area contributed by atoms with Crippen molar-refractivity contribution in [1.82, 2.24) is 14.9 Å². The Hall–Kier alpha value is -3.34. The summed E-state index contributed by atoms with van der Waals surface area (Å²) in [5.41, 5.74) is 9.53. The summed E-state index contributed by atoms with van der Waals surface area (Å²) in [6, 6.07) is 13.4. The number of anilines is 2. The third-order valence-corrected chi connectivity index (χ3v) is 6.75. The van der Waals surface area contributed by atoms with Crippen molar-refractivity contribution in [3.63, 3.8) is 0 Å². The van der Waals surface area contributed by atoms with E-state index in [9.17, 15) is 9.59 Å². The molecule has 1 atom stereocenters. The van der Waals surface area contributed by atoms with E-state index < -0.39 is 0 Å². The third kappa shape index (κ3) is 7.93. The lowest BCUT2D eigenvalue weighted by Gasteiger charge is -2.21. The number of carbonyl (C=O) groups is 2. The van der Waals surface area contributed by atoms with E-state index >= 15 is 0 Å². The summed E-state index contributed by atoms with van der Waals surface area (Å²) in [7, 11) is 0. The molecule has 1 saturated heterocycles. The molecule has 2 aromatic carbocycles. The molecule has 42 heavy (non-hydrogen) atoms. The standard InChI is InChI=1S/C27H28ClN5O4.C4H10S/c1-16(2)37-22-9-10-32(26(22)34)14-17-3-8-20(21(28)13-17)18-4-6-19(7-5-18)33-11-12-36-25-23(27(33)35)24(29)30-15-31-25;1-4(2,3)5/h3-8,13,15-16,22H,9-12,14H2,1-2H3,(H2,29,30,31);5H,1-3H3/t22-;/m0./s1. The Bertz CT molecular complexity index is 1420. The highest BCUT2D eigenvalue weighted by Gasteiger charge is 2.33. The zero-order valence-corrected chi connectivity index (χ0v) is 26.3. The molecule has 5 rings (SSSR count). The fourth-order valence-corrected chi connectivity index (χ4v) is 4.98. The highest BCUT2D eigenvalue weighted by molar-refractivity contribution is 7.81. The number of likely N-dealkylation sites (tertiary alicyclic amines) is 1. The summed E-state index contributed by atoms with van der Waals surface area (Å²) in [6.07, 6.45) is 1.63. The van der Waals surface area contributed by atoms with Crippen LogP contribution in [0.2, 0.25) is 5.02 Å². The fourth-order valence-electron chi connectivity index (χ4n) is 4.66. The van der Waals surface area contributed by atoms with Crippen LogP contribution in [-0.4, -0.2) is 63.3 Å². The SMILES string of the molecule is CC(C)(C)S.CC(C)O[C@H]1CCN(Cc2ccc(-c3ccc(N4CCOc5ncnc(N)c5C4=O)cc3)c(Cl)c2)C1=O. The van der Waals surface area contributed by atoms with Gasteiger partial charge in [-0.2, -0.15) is 12.6 Å². The Morgan fingerprint density at radius 3 is 2.45 bits per heavy atom. The molecule has 1 fully saturated rings. The number of rotatable bonds is 6. The van der Waals surface area contributed by atoms with Crippen LogP contribution in [0.4, 0.5) is 11.5 Å². The Kier molecular flexibility index (Phi) is 10.0. The summed E-state index contributed by atoms with van der Waals surface area (Å²) in [6.45, 7) is 11.8. The van der Waals surface area contributed by atoms with Gasteiger partial charge in [0, 0.05) is 40.5 Å². The first kappa shape index (κ1) is 31.6. The number of halogens is 1. The summed E-state index contributed by atoms with van der Waals surface area (Å²) < 4.78 is 11.5. The number of amides is 2. The number of ether oxygens (including phenoxy) is 2. The fraction of sp³-hybridized carbons (Fsp3) is 0.419. The molecule has 0 spiro atoms. The van der Waals surface area contributed by atoms with E-state index in [0.29, 0.717) is 36.8 Å². The van der Waals surface area contributed by atoms with E-state index in [2.05, 4.69) is 43.4 Å². The van der Waals surface area contributed by atoms with Gasteiger partial charge in [-0.25, -0.2) is 9.97 Å². The number of aromatic nitrogens is 2. The summed E-state index contributed by atoms with van der Waals surface area (Å²) in [5, 5.41) is 0.588. The summed E-state index contributed by atoms with van der Waals surface area (Å²) in [4.78, 5) is 37.2. The lowest BCUT2D eigenvalue weighted by atomic mass is 10.0. The van der Waals surface area contributed by atoms with Crippen molar-refractivity contribution >= 4 is 47.5 Å². The number of nitrogens with two attached hydrogens (primary N) is 1. The molecule has 9 nitrogen and oxygen atoms in total. The zero-order valence-electron chi connectivity index (χ0n) is 24.6. The van der Waals surface area contributed by atoms with Crippen LogP contribution in [0.5, 0.6) is 5.88 Å². The van der Waals surface area contributed by atoms with Gasteiger partial charge < -0.3 is 25.0 Å². The number of nitrogens with zero attached hydrogens (tertiary/aromatic N) is 4. The Balaban J connectivity index is 0.000000748. The van der Waals surface area contributed by atoms with Crippen molar-refractivity contribution in [2.24, 2.45) is 0 Å². The van der Waals surface area contributed by atoms with Crippen LogP contribution >= 0.6 is 24.2 Å². The van der Waals surface area contributed by atoms with Gasteiger partial charge in [0.25, 0.3) is 11.8 Å². The second kappa shape index (κ2) is 13.3. The topological polar surface area (TPSA) is 111 Å². The minimum atomic E-state index is -0.367.